The van der Waals surface area contributed by atoms with Crippen molar-refractivity contribution in [3.8, 4) is 0 Å². The van der Waals surface area contributed by atoms with E-state index in [1.54, 1.807) is 0 Å². The SMILES string of the molecule is CC(C)n1cc(C(O)C2CCCCCC2)cn1. The first kappa shape index (κ1) is 12.6. The van der Waals surface area contributed by atoms with E-state index >= 15 is 0 Å². The summed E-state index contributed by atoms with van der Waals surface area (Å²) in [6.45, 7) is 4.21. The van der Waals surface area contributed by atoms with Gasteiger partial charge in [0.2, 0.25) is 0 Å². The summed E-state index contributed by atoms with van der Waals surface area (Å²) in [6.07, 6.45) is 11.0. The molecule has 1 fully saturated rings. The van der Waals surface area contributed by atoms with E-state index in [2.05, 4.69) is 18.9 Å². The second-order valence-electron chi connectivity index (χ2n) is 5.54. The number of nitrogens with zero attached hydrogens (tertiary/aromatic N) is 2. The van der Waals surface area contributed by atoms with Gasteiger partial charge in [0, 0.05) is 17.8 Å². The fourth-order valence-electron chi connectivity index (χ4n) is 2.69. The molecule has 1 aromatic heterocycles. The molecule has 17 heavy (non-hydrogen) atoms. The van der Waals surface area contributed by atoms with Crippen LogP contribution in [0.4, 0.5) is 0 Å². The Morgan fingerprint density at radius 2 is 1.88 bits per heavy atom. The largest absolute Gasteiger partial charge is 0.388 e. The van der Waals surface area contributed by atoms with Crippen molar-refractivity contribution < 1.29 is 5.11 Å². The quantitative estimate of drug-likeness (QED) is 0.816. The van der Waals surface area contributed by atoms with Crippen LogP contribution in [0, 0.1) is 5.92 Å². The highest BCUT2D eigenvalue weighted by atomic mass is 16.3. The van der Waals surface area contributed by atoms with E-state index in [1.807, 2.05) is 17.1 Å². The summed E-state index contributed by atoms with van der Waals surface area (Å²) in [4.78, 5) is 0. The second kappa shape index (κ2) is 5.67. The Kier molecular flexibility index (Phi) is 4.21. The summed E-state index contributed by atoms with van der Waals surface area (Å²) in [6, 6.07) is 0.366. The lowest BCUT2D eigenvalue weighted by Gasteiger charge is -2.20. The number of aromatic nitrogens is 2. The molecule has 3 nitrogen and oxygen atoms in total. The number of hydrogen-bond acceptors (Lipinski definition) is 2. The van der Waals surface area contributed by atoms with Crippen LogP contribution >= 0.6 is 0 Å². The summed E-state index contributed by atoms with van der Waals surface area (Å²) >= 11 is 0. The van der Waals surface area contributed by atoms with Crippen LogP contribution in [-0.4, -0.2) is 14.9 Å². The Labute approximate surface area is 104 Å². The molecule has 0 saturated heterocycles. The van der Waals surface area contributed by atoms with E-state index in [0.717, 1.165) is 18.4 Å². The van der Waals surface area contributed by atoms with Crippen molar-refractivity contribution in [3.63, 3.8) is 0 Å². The molecule has 0 bridgehead atoms. The van der Waals surface area contributed by atoms with Gasteiger partial charge in [-0.1, -0.05) is 25.7 Å². The van der Waals surface area contributed by atoms with Crippen molar-refractivity contribution in [1.29, 1.82) is 0 Å². The minimum absolute atomic E-state index is 0.319. The van der Waals surface area contributed by atoms with Gasteiger partial charge in [-0.2, -0.15) is 5.10 Å². The van der Waals surface area contributed by atoms with Crippen molar-refractivity contribution in [3.05, 3.63) is 18.0 Å². The molecule has 3 heteroatoms. The standard InChI is InChI=1S/C14H24N2O/c1-11(2)16-10-13(9-15-16)14(17)12-7-5-3-4-6-8-12/h9-12,14,17H,3-8H2,1-2H3. The van der Waals surface area contributed by atoms with Crippen molar-refractivity contribution in [2.75, 3.05) is 0 Å². The van der Waals surface area contributed by atoms with Crippen LogP contribution in [0.2, 0.25) is 0 Å². The smallest absolute Gasteiger partial charge is 0.0848 e. The molecule has 1 N–H and O–H groups in total. The monoisotopic (exact) mass is 236 g/mol. The molecule has 1 atom stereocenters. The first-order chi connectivity index (χ1) is 8.18. The van der Waals surface area contributed by atoms with E-state index in [1.165, 1.54) is 25.7 Å². The minimum Gasteiger partial charge on any atom is -0.388 e. The van der Waals surface area contributed by atoms with Crippen molar-refractivity contribution in [2.45, 2.75) is 64.5 Å². The summed E-state index contributed by atoms with van der Waals surface area (Å²) in [5.74, 6) is 0.433. The molecule has 96 valence electrons. The zero-order valence-electron chi connectivity index (χ0n) is 11.0. The van der Waals surface area contributed by atoms with Crippen molar-refractivity contribution >= 4 is 0 Å². The van der Waals surface area contributed by atoms with E-state index in [0.29, 0.717) is 12.0 Å². The predicted molar refractivity (Wildman–Crippen MR) is 68.8 cm³/mol. The Balaban J connectivity index is 2.03. The predicted octanol–water partition coefficient (Wildman–Crippen LogP) is 3.47. The first-order valence-corrected chi connectivity index (χ1v) is 6.90. The molecule has 2 rings (SSSR count). The molecule has 0 aliphatic heterocycles. The van der Waals surface area contributed by atoms with Gasteiger partial charge in [0.05, 0.1) is 12.3 Å². The van der Waals surface area contributed by atoms with E-state index < -0.39 is 0 Å². The number of rotatable bonds is 3. The molecular weight excluding hydrogens is 212 g/mol. The molecule has 1 unspecified atom stereocenters. The number of hydrogen-bond donors (Lipinski definition) is 1. The number of aliphatic hydroxyl groups excluding tert-OH is 1. The van der Waals surface area contributed by atoms with Crippen LogP contribution in [0.25, 0.3) is 0 Å². The molecule has 0 radical (unpaired) electrons. The lowest BCUT2D eigenvalue weighted by molar-refractivity contribution is 0.0987. The maximum absolute atomic E-state index is 10.4. The molecule has 0 spiro atoms. The second-order valence-corrected chi connectivity index (χ2v) is 5.54. The maximum Gasteiger partial charge on any atom is 0.0848 e. The van der Waals surface area contributed by atoms with Crippen molar-refractivity contribution in [1.82, 2.24) is 9.78 Å². The summed E-state index contributed by atoms with van der Waals surface area (Å²) in [5.41, 5.74) is 0.991. The maximum atomic E-state index is 10.4. The van der Waals surface area contributed by atoms with Gasteiger partial charge < -0.3 is 5.11 Å². The fourth-order valence-corrected chi connectivity index (χ4v) is 2.69. The lowest BCUT2D eigenvalue weighted by Crippen LogP contribution is -2.11. The minimum atomic E-state index is -0.319. The van der Waals surface area contributed by atoms with Crippen LogP contribution in [-0.2, 0) is 0 Å². The van der Waals surface area contributed by atoms with Gasteiger partial charge in [0.1, 0.15) is 0 Å². The normalized spacial score (nSPS) is 20.5. The fraction of sp³-hybridized carbons (Fsp3) is 0.786. The highest BCUT2D eigenvalue weighted by molar-refractivity contribution is 5.09. The summed E-state index contributed by atoms with van der Waals surface area (Å²) in [5, 5.41) is 14.7. The third-order valence-electron chi connectivity index (χ3n) is 3.84. The average Bonchev–Trinajstić information content (AvgIpc) is 2.65. The van der Waals surface area contributed by atoms with Gasteiger partial charge in [0.25, 0.3) is 0 Å². The third kappa shape index (κ3) is 3.09. The molecule has 1 heterocycles. The lowest BCUT2D eigenvalue weighted by atomic mass is 9.91. The van der Waals surface area contributed by atoms with Crippen LogP contribution in [0.15, 0.2) is 12.4 Å². The van der Waals surface area contributed by atoms with Gasteiger partial charge in [-0.25, -0.2) is 0 Å². The van der Waals surface area contributed by atoms with Crippen molar-refractivity contribution in [2.24, 2.45) is 5.92 Å². The van der Waals surface area contributed by atoms with Gasteiger partial charge in [-0.15, -0.1) is 0 Å². The molecule has 1 aliphatic carbocycles. The van der Waals surface area contributed by atoms with E-state index in [9.17, 15) is 5.11 Å². The zero-order chi connectivity index (χ0) is 12.3. The Bertz CT molecular complexity index is 338. The zero-order valence-corrected chi connectivity index (χ0v) is 11.0. The number of aliphatic hydroxyl groups is 1. The first-order valence-electron chi connectivity index (χ1n) is 6.90. The third-order valence-corrected chi connectivity index (χ3v) is 3.84. The van der Waals surface area contributed by atoms with Gasteiger partial charge in [-0.05, 0) is 32.6 Å². The van der Waals surface area contributed by atoms with Crippen LogP contribution in [0.3, 0.4) is 0 Å². The Morgan fingerprint density at radius 3 is 2.41 bits per heavy atom. The van der Waals surface area contributed by atoms with E-state index in [4.69, 9.17) is 0 Å². The van der Waals surface area contributed by atoms with Gasteiger partial charge in [-0.3, -0.25) is 4.68 Å². The highest BCUT2D eigenvalue weighted by Crippen LogP contribution is 2.33. The van der Waals surface area contributed by atoms with E-state index in [-0.39, 0.29) is 6.10 Å². The van der Waals surface area contributed by atoms with Crippen LogP contribution in [0.1, 0.15) is 70.1 Å². The molecular formula is C14H24N2O. The summed E-state index contributed by atoms with van der Waals surface area (Å²) in [7, 11) is 0. The molecule has 0 amide bonds. The Morgan fingerprint density at radius 1 is 1.24 bits per heavy atom. The molecule has 1 saturated carbocycles. The molecule has 1 aliphatic rings. The molecule has 0 aromatic carbocycles. The Hall–Kier alpha value is -0.830. The van der Waals surface area contributed by atoms with Gasteiger partial charge >= 0.3 is 0 Å². The van der Waals surface area contributed by atoms with Crippen LogP contribution < -0.4 is 0 Å². The van der Waals surface area contributed by atoms with Crippen LogP contribution in [0.5, 0.6) is 0 Å². The highest BCUT2D eigenvalue weighted by Gasteiger charge is 2.23. The van der Waals surface area contributed by atoms with Gasteiger partial charge in [0.15, 0.2) is 0 Å². The molecule has 1 aromatic rings. The summed E-state index contributed by atoms with van der Waals surface area (Å²) < 4.78 is 1.93. The topological polar surface area (TPSA) is 38.0 Å². The average molecular weight is 236 g/mol.